The van der Waals surface area contributed by atoms with Gasteiger partial charge in [-0.25, -0.2) is 9.78 Å². The van der Waals surface area contributed by atoms with Crippen molar-refractivity contribution in [2.45, 2.75) is 0 Å². The quantitative estimate of drug-likeness (QED) is 0.424. The van der Waals surface area contributed by atoms with Crippen LogP contribution in [0.25, 0.3) is 0 Å². The van der Waals surface area contributed by atoms with Gasteiger partial charge in [-0.2, -0.15) is 0 Å². The molecule has 1 N–H and O–H groups in total. The molecule has 0 aliphatic carbocycles. The summed E-state index contributed by atoms with van der Waals surface area (Å²) in [6.07, 6.45) is 1.26. The van der Waals surface area contributed by atoms with Crippen molar-refractivity contribution < 1.29 is 14.3 Å². The molecule has 3 rings (SSSR count). The van der Waals surface area contributed by atoms with Gasteiger partial charge in [-0.1, -0.05) is 41.7 Å². The molecule has 124 valence electrons. The minimum Gasteiger partial charge on any atom is -0.422 e. The third-order valence-electron chi connectivity index (χ3n) is 3.15. The molecule has 8 heteroatoms. The molecule has 0 radical (unpaired) electrons. The summed E-state index contributed by atoms with van der Waals surface area (Å²) in [5.74, 6) is -0.954. The Morgan fingerprint density at radius 1 is 1.04 bits per heavy atom. The molecule has 0 spiro atoms. The maximum atomic E-state index is 12.4. The Labute approximate surface area is 146 Å². The highest BCUT2D eigenvalue weighted by molar-refractivity contribution is 7.19. The topological polar surface area (TPSA) is 97.7 Å². The number of hydrogen-bond acceptors (Lipinski definition) is 7. The average molecular weight is 353 g/mol. The molecule has 0 fully saturated rings. The number of carbonyl (C=O) groups excluding carboxylic acids is 2. The molecule has 25 heavy (non-hydrogen) atoms. The summed E-state index contributed by atoms with van der Waals surface area (Å²) < 4.78 is 5.33. The second kappa shape index (κ2) is 7.45. The summed E-state index contributed by atoms with van der Waals surface area (Å²) in [6.45, 7) is 0. The van der Waals surface area contributed by atoms with Gasteiger partial charge in [0.15, 0.2) is 10.1 Å². The van der Waals surface area contributed by atoms with Crippen LogP contribution in [0, 0.1) is 4.91 Å². The van der Waals surface area contributed by atoms with Gasteiger partial charge in [-0.3, -0.25) is 10.1 Å². The first-order valence-corrected chi connectivity index (χ1v) is 7.96. The Bertz CT molecular complexity index is 924. The van der Waals surface area contributed by atoms with E-state index in [-0.39, 0.29) is 21.4 Å². The van der Waals surface area contributed by atoms with Crippen molar-refractivity contribution in [1.82, 2.24) is 4.98 Å². The minimum absolute atomic E-state index is 0.124. The summed E-state index contributed by atoms with van der Waals surface area (Å²) in [6, 6.07) is 14.8. The van der Waals surface area contributed by atoms with Gasteiger partial charge in [0.05, 0.1) is 17.3 Å². The number of ether oxygens (including phenoxy) is 1. The van der Waals surface area contributed by atoms with Crippen LogP contribution in [0.4, 0.5) is 10.1 Å². The number of nitrogens with one attached hydrogen (secondary N) is 1. The monoisotopic (exact) mass is 353 g/mol. The van der Waals surface area contributed by atoms with Crippen LogP contribution in [0.5, 0.6) is 5.75 Å². The highest BCUT2D eigenvalue weighted by atomic mass is 32.1. The van der Waals surface area contributed by atoms with Crippen LogP contribution in [0.15, 0.2) is 66.0 Å². The molecule has 7 nitrogen and oxygen atoms in total. The van der Waals surface area contributed by atoms with Crippen molar-refractivity contribution in [3.63, 3.8) is 0 Å². The number of benzene rings is 2. The summed E-state index contributed by atoms with van der Waals surface area (Å²) in [7, 11) is 0. The first-order chi connectivity index (χ1) is 12.2. The lowest BCUT2D eigenvalue weighted by molar-refractivity contribution is 0.0733. The van der Waals surface area contributed by atoms with Gasteiger partial charge in [0, 0.05) is 0 Å². The SMILES string of the molecule is O=Nc1cnc(NC(=O)c2ccccc2OC(=O)c2ccccc2)s1. The first-order valence-electron chi connectivity index (χ1n) is 7.14. The van der Waals surface area contributed by atoms with E-state index in [1.54, 1.807) is 42.5 Å². The molecule has 0 saturated heterocycles. The number of carbonyl (C=O) groups is 2. The van der Waals surface area contributed by atoms with E-state index in [2.05, 4.69) is 15.5 Å². The maximum absolute atomic E-state index is 12.4. The molecule has 0 unspecified atom stereocenters. The maximum Gasteiger partial charge on any atom is 0.343 e. The molecule has 0 aliphatic rings. The lowest BCUT2D eigenvalue weighted by atomic mass is 10.2. The van der Waals surface area contributed by atoms with Crippen molar-refractivity contribution in [2.24, 2.45) is 5.18 Å². The molecular formula is C17H11N3O4S. The van der Waals surface area contributed by atoms with E-state index in [0.29, 0.717) is 5.56 Å². The zero-order chi connectivity index (χ0) is 17.6. The first kappa shape index (κ1) is 16.5. The van der Waals surface area contributed by atoms with Crippen molar-refractivity contribution in [2.75, 3.05) is 5.32 Å². The molecule has 2 aromatic carbocycles. The molecule has 0 atom stereocenters. The molecule has 0 saturated carbocycles. The summed E-state index contributed by atoms with van der Waals surface area (Å²) in [5, 5.41) is 5.67. The summed E-state index contributed by atoms with van der Waals surface area (Å²) in [5.41, 5.74) is 0.543. The van der Waals surface area contributed by atoms with E-state index in [1.807, 2.05) is 0 Å². The van der Waals surface area contributed by atoms with E-state index >= 15 is 0 Å². The van der Waals surface area contributed by atoms with Crippen LogP contribution in [-0.2, 0) is 0 Å². The predicted molar refractivity (Wildman–Crippen MR) is 93.4 cm³/mol. The van der Waals surface area contributed by atoms with E-state index in [4.69, 9.17) is 4.74 Å². The zero-order valence-corrected chi connectivity index (χ0v) is 13.5. The number of anilines is 1. The molecule has 0 aliphatic heterocycles. The Hall–Kier alpha value is -3.39. The van der Waals surface area contributed by atoms with Crippen LogP contribution in [0.2, 0.25) is 0 Å². The van der Waals surface area contributed by atoms with E-state index in [9.17, 15) is 14.5 Å². The largest absolute Gasteiger partial charge is 0.422 e. The second-order valence-corrected chi connectivity index (χ2v) is 5.81. The Morgan fingerprint density at radius 2 is 1.76 bits per heavy atom. The molecule has 1 heterocycles. The average Bonchev–Trinajstić information content (AvgIpc) is 3.10. The number of esters is 1. The van der Waals surface area contributed by atoms with Crippen LogP contribution < -0.4 is 10.1 Å². The normalized spacial score (nSPS) is 10.1. The van der Waals surface area contributed by atoms with Crippen LogP contribution >= 0.6 is 11.3 Å². The van der Waals surface area contributed by atoms with Gasteiger partial charge in [0.1, 0.15) is 5.75 Å². The van der Waals surface area contributed by atoms with Gasteiger partial charge in [0.25, 0.3) is 5.91 Å². The van der Waals surface area contributed by atoms with Gasteiger partial charge >= 0.3 is 5.97 Å². The number of aromatic nitrogens is 1. The number of hydrogen-bond donors (Lipinski definition) is 1. The Kier molecular flexibility index (Phi) is 4.91. The van der Waals surface area contributed by atoms with E-state index < -0.39 is 11.9 Å². The van der Waals surface area contributed by atoms with Gasteiger partial charge in [-0.15, -0.1) is 4.91 Å². The highest BCUT2D eigenvalue weighted by Crippen LogP contribution is 2.27. The van der Waals surface area contributed by atoms with Gasteiger partial charge in [0.2, 0.25) is 0 Å². The van der Waals surface area contributed by atoms with Crippen LogP contribution in [0.3, 0.4) is 0 Å². The zero-order valence-electron chi connectivity index (χ0n) is 12.7. The minimum atomic E-state index is -0.567. The fraction of sp³-hybridized carbons (Fsp3) is 0. The third-order valence-corrected chi connectivity index (χ3v) is 3.94. The second-order valence-electron chi connectivity index (χ2n) is 4.80. The Morgan fingerprint density at radius 3 is 2.48 bits per heavy atom. The summed E-state index contributed by atoms with van der Waals surface area (Å²) in [4.78, 5) is 38.9. The lowest BCUT2D eigenvalue weighted by Crippen LogP contribution is -2.16. The lowest BCUT2D eigenvalue weighted by Gasteiger charge is -2.09. The fourth-order valence-electron chi connectivity index (χ4n) is 2.01. The van der Waals surface area contributed by atoms with Crippen molar-refractivity contribution in [3.05, 3.63) is 76.8 Å². The number of amides is 1. The van der Waals surface area contributed by atoms with Gasteiger partial charge < -0.3 is 4.74 Å². The molecule has 1 aromatic heterocycles. The standard InChI is InChI=1S/C17H11N3O4S/c21-15(19-17-18-10-14(20-23)25-17)12-8-4-5-9-13(12)24-16(22)11-6-2-1-3-7-11/h1-10H,(H,18,19,21). The van der Waals surface area contributed by atoms with Crippen molar-refractivity contribution in [1.29, 1.82) is 0 Å². The van der Waals surface area contributed by atoms with Crippen molar-refractivity contribution >= 4 is 33.3 Å². The molecule has 3 aromatic rings. The van der Waals surface area contributed by atoms with Crippen molar-refractivity contribution in [3.8, 4) is 5.75 Å². The third kappa shape index (κ3) is 3.93. The molecular weight excluding hydrogens is 342 g/mol. The number of nitroso groups, excluding NO2 is 1. The predicted octanol–water partition coefficient (Wildman–Crippen LogP) is 4.01. The van der Waals surface area contributed by atoms with E-state index in [1.165, 1.54) is 18.3 Å². The van der Waals surface area contributed by atoms with E-state index in [0.717, 1.165) is 11.3 Å². The summed E-state index contributed by atoms with van der Waals surface area (Å²) >= 11 is 0.943. The smallest absolute Gasteiger partial charge is 0.343 e. The number of thiazole rings is 1. The van der Waals surface area contributed by atoms with Crippen LogP contribution in [0.1, 0.15) is 20.7 Å². The van der Waals surface area contributed by atoms with Crippen LogP contribution in [-0.4, -0.2) is 16.9 Å². The molecule has 1 amide bonds. The highest BCUT2D eigenvalue weighted by Gasteiger charge is 2.17. The fourth-order valence-corrected chi connectivity index (χ4v) is 2.60. The number of rotatable bonds is 5. The van der Waals surface area contributed by atoms with Gasteiger partial charge in [-0.05, 0) is 29.4 Å². The number of para-hydroxylation sites is 1. The Balaban J connectivity index is 1.79. The molecule has 0 bridgehead atoms. The number of nitrogens with zero attached hydrogens (tertiary/aromatic N) is 2.